The monoisotopic (exact) mass is 184 g/mol. The molecule has 66 valence electrons. The summed E-state index contributed by atoms with van der Waals surface area (Å²) in [7, 11) is 0. The summed E-state index contributed by atoms with van der Waals surface area (Å²) in [6, 6.07) is 0. The Bertz CT molecular complexity index is 291. The topological polar surface area (TPSA) is 59.1 Å². The highest BCUT2D eigenvalue weighted by molar-refractivity contribution is 7.09. The van der Waals surface area contributed by atoms with Gasteiger partial charge in [-0.05, 0) is 19.8 Å². The van der Waals surface area contributed by atoms with Crippen LogP contribution >= 0.6 is 11.3 Å². The maximum atomic E-state index is 9.15. The van der Waals surface area contributed by atoms with Crippen LogP contribution in [-0.4, -0.2) is 16.2 Å². The predicted octanol–water partition coefficient (Wildman–Crippen LogP) is 0.760. The van der Waals surface area contributed by atoms with Gasteiger partial charge >= 0.3 is 0 Å². The molecule has 3 N–H and O–H groups in total. The van der Waals surface area contributed by atoms with Crippen LogP contribution in [0.5, 0.6) is 0 Å². The number of hydrogen-bond acceptors (Lipinski definition) is 4. The van der Waals surface area contributed by atoms with Crippen molar-refractivity contribution in [3.05, 3.63) is 16.1 Å². The van der Waals surface area contributed by atoms with Gasteiger partial charge in [0.15, 0.2) is 0 Å². The molecule has 0 saturated heterocycles. The van der Waals surface area contributed by atoms with Crippen molar-refractivity contribution in [2.75, 3.05) is 0 Å². The summed E-state index contributed by atoms with van der Waals surface area (Å²) in [4.78, 5) is 4.32. The summed E-state index contributed by atoms with van der Waals surface area (Å²) in [5, 5.41) is 12.2. The van der Waals surface area contributed by atoms with Crippen LogP contribution in [0.4, 0.5) is 0 Å². The van der Waals surface area contributed by atoms with Crippen molar-refractivity contribution >= 4 is 11.3 Å². The van der Waals surface area contributed by atoms with Gasteiger partial charge in [-0.25, -0.2) is 4.98 Å². The summed E-state index contributed by atoms with van der Waals surface area (Å²) in [5.74, 6) is 0. The van der Waals surface area contributed by atoms with E-state index in [9.17, 15) is 0 Å². The molecular weight excluding hydrogens is 172 g/mol. The lowest BCUT2D eigenvalue weighted by Gasteiger charge is -2.40. The van der Waals surface area contributed by atoms with E-state index in [0.29, 0.717) is 12.8 Å². The Hall–Kier alpha value is -0.450. The smallest absolute Gasteiger partial charge is 0.0898 e. The first-order chi connectivity index (χ1) is 5.60. The largest absolute Gasteiger partial charge is 0.393 e. The Morgan fingerprint density at radius 3 is 2.83 bits per heavy atom. The molecule has 0 unspecified atom stereocenters. The minimum atomic E-state index is -0.343. The second kappa shape index (κ2) is 2.52. The highest BCUT2D eigenvalue weighted by Gasteiger charge is 2.43. The van der Waals surface area contributed by atoms with Crippen molar-refractivity contribution in [3.63, 3.8) is 0 Å². The zero-order chi connectivity index (χ0) is 8.77. The second-order valence-corrected chi connectivity index (χ2v) is 4.53. The highest BCUT2D eigenvalue weighted by Crippen LogP contribution is 2.38. The molecule has 1 aromatic rings. The zero-order valence-electron chi connectivity index (χ0n) is 6.95. The Labute approximate surface area is 75.2 Å². The Balaban J connectivity index is 2.20. The molecule has 0 aliphatic heterocycles. The molecule has 1 aromatic heterocycles. The van der Waals surface area contributed by atoms with Crippen LogP contribution in [-0.2, 0) is 5.54 Å². The number of hydrogen-bond donors (Lipinski definition) is 2. The SMILES string of the molecule is Cc1nc(C2(N)CC(O)C2)cs1. The maximum Gasteiger partial charge on any atom is 0.0898 e. The molecule has 4 heteroatoms. The van der Waals surface area contributed by atoms with Gasteiger partial charge in [-0.15, -0.1) is 11.3 Å². The number of aromatic nitrogens is 1. The van der Waals surface area contributed by atoms with E-state index in [1.807, 2.05) is 12.3 Å². The van der Waals surface area contributed by atoms with Gasteiger partial charge in [0.25, 0.3) is 0 Å². The van der Waals surface area contributed by atoms with Gasteiger partial charge in [0.1, 0.15) is 0 Å². The fraction of sp³-hybridized carbons (Fsp3) is 0.625. The van der Waals surface area contributed by atoms with E-state index in [1.165, 1.54) is 0 Å². The van der Waals surface area contributed by atoms with Gasteiger partial charge in [0.05, 0.1) is 22.3 Å². The lowest BCUT2D eigenvalue weighted by Crippen LogP contribution is -2.51. The Morgan fingerprint density at radius 1 is 1.75 bits per heavy atom. The average Bonchev–Trinajstić information content (AvgIpc) is 2.33. The third-order valence-corrected chi connectivity index (χ3v) is 3.10. The third-order valence-electron chi connectivity index (χ3n) is 2.33. The first-order valence-corrected chi connectivity index (χ1v) is 4.88. The molecule has 1 fully saturated rings. The molecule has 0 bridgehead atoms. The fourth-order valence-corrected chi connectivity index (χ4v) is 2.30. The molecule has 0 aromatic carbocycles. The van der Waals surface area contributed by atoms with Gasteiger partial charge in [-0.1, -0.05) is 0 Å². The van der Waals surface area contributed by atoms with E-state index in [1.54, 1.807) is 11.3 Å². The minimum absolute atomic E-state index is 0.225. The van der Waals surface area contributed by atoms with Crippen molar-refractivity contribution in [1.82, 2.24) is 4.98 Å². The number of aliphatic hydroxyl groups is 1. The van der Waals surface area contributed by atoms with Crippen LogP contribution in [0.1, 0.15) is 23.5 Å². The van der Waals surface area contributed by atoms with Gasteiger partial charge in [-0.2, -0.15) is 0 Å². The zero-order valence-corrected chi connectivity index (χ0v) is 7.77. The fourth-order valence-electron chi connectivity index (χ4n) is 1.58. The van der Waals surface area contributed by atoms with Gasteiger partial charge in [0, 0.05) is 5.38 Å². The number of rotatable bonds is 1. The lowest BCUT2D eigenvalue weighted by molar-refractivity contribution is 0.0191. The van der Waals surface area contributed by atoms with Crippen molar-refractivity contribution < 1.29 is 5.11 Å². The average molecular weight is 184 g/mol. The van der Waals surface area contributed by atoms with Crippen LogP contribution in [0.25, 0.3) is 0 Å². The highest BCUT2D eigenvalue weighted by atomic mass is 32.1. The summed E-state index contributed by atoms with van der Waals surface area (Å²) in [6.07, 6.45) is 1.07. The molecule has 0 amide bonds. The molecule has 1 heterocycles. The predicted molar refractivity (Wildman–Crippen MR) is 48.0 cm³/mol. The van der Waals surface area contributed by atoms with Crippen molar-refractivity contribution in [2.24, 2.45) is 5.73 Å². The van der Waals surface area contributed by atoms with E-state index in [2.05, 4.69) is 4.98 Å². The number of thiazole rings is 1. The molecule has 0 radical (unpaired) electrons. The van der Waals surface area contributed by atoms with Crippen molar-refractivity contribution in [1.29, 1.82) is 0 Å². The normalized spacial score (nSPS) is 34.8. The first kappa shape index (κ1) is 8.16. The van der Waals surface area contributed by atoms with E-state index >= 15 is 0 Å². The second-order valence-electron chi connectivity index (χ2n) is 3.47. The quantitative estimate of drug-likeness (QED) is 0.677. The standard InChI is InChI=1S/C8H12N2OS/c1-5-10-7(4-12-5)8(9)2-6(11)3-8/h4,6,11H,2-3,9H2,1H3. The van der Waals surface area contributed by atoms with Crippen LogP contribution < -0.4 is 5.73 Å². The Kier molecular flexibility index (Phi) is 1.71. The van der Waals surface area contributed by atoms with E-state index in [-0.39, 0.29) is 11.6 Å². The van der Waals surface area contributed by atoms with E-state index in [4.69, 9.17) is 10.8 Å². The minimum Gasteiger partial charge on any atom is -0.393 e. The van der Waals surface area contributed by atoms with Crippen molar-refractivity contribution in [3.8, 4) is 0 Å². The molecule has 0 spiro atoms. The third kappa shape index (κ3) is 1.16. The number of nitrogens with zero attached hydrogens (tertiary/aromatic N) is 1. The molecule has 12 heavy (non-hydrogen) atoms. The number of aryl methyl sites for hydroxylation is 1. The maximum absolute atomic E-state index is 9.15. The summed E-state index contributed by atoms with van der Waals surface area (Å²) in [6.45, 7) is 1.96. The van der Waals surface area contributed by atoms with Gasteiger partial charge in [0.2, 0.25) is 0 Å². The Morgan fingerprint density at radius 2 is 2.42 bits per heavy atom. The number of aliphatic hydroxyl groups excluding tert-OH is 1. The molecule has 2 rings (SSSR count). The first-order valence-electron chi connectivity index (χ1n) is 4.00. The van der Waals surface area contributed by atoms with Crippen LogP contribution in [0.2, 0.25) is 0 Å². The number of nitrogens with two attached hydrogens (primary N) is 1. The molecule has 1 aliphatic rings. The van der Waals surface area contributed by atoms with Crippen molar-refractivity contribution in [2.45, 2.75) is 31.4 Å². The van der Waals surface area contributed by atoms with Crippen LogP contribution in [0.3, 0.4) is 0 Å². The summed E-state index contributed by atoms with van der Waals surface area (Å²) < 4.78 is 0. The summed E-state index contributed by atoms with van der Waals surface area (Å²) >= 11 is 1.61. The molecule has 0 atom stereocenters. The molecule has 1 aliphatic carbocycles. The van der Waals surface area contributed by atoms with E-state index in [0.717, 1.165) is 10.7 Å². The molecule has 1 saturated carbocycles. The van der Waals surface area contributed by atoms with Crippen LogP contribution in [0.15, 0.2) is 5.38 Å². The van der Waals surface area contributed by atoms with Crippen LogP contribution in [0, 0.1) is 6.92 Å². The molecule has 3 nitrogen and oxygen atoms in total. The van der Waals surface area contributed by atoms with Gasteiger partial charge < -0.3 is 10.8 Å². The van der Waals surface area contributed by atoms with E-state index < -0.39 is 0 Å². The molecular formula is C8H12N2OS. The van der Waals surface area contributed by atoms with Gasteiger partial charge in [-0.3, -0.25) is 0 Å². The lowest BCUT2D eigenvalue weighted by atomic mass is 9.73. The summed E-state index contributed by atoms with van der Waals surface area (Å²) in [5.41, 5.74) is 6.61.